The van der Waals surface area contributed by atoms with E-state index in [0.29, 0.717) is 23.8 Å². The van der Waals surface area contributed by atoms with Crippen molar-refractivity contribution in [3.63, 3.8) is 0 Å². The molecule has 0 aromatic carbocycles. The predicted octanol–water partition coefficient (Wildman–Crippen LogP) is 3.28. The summed E-state index contributed by atoms with van der Waals surface area (Å²) in [6.45, 7) is 5.38. The summed E-state index contributed by atoms with van der Waals surface area (Å²) in [6, 6.07) is 2.20. The molecule has 3 atom stereocenters. The zero-order valence-corrected chi connectivity index (χ0v) is 14.1. The van der Waals surface area contributed by atoms with Crippen LogP contribution < -0.4 is 0 Å². The second-order valence-electron chi connectivity index (χ2n) is 7.13. The first-order valence-corrected chi connectivity index (χ1v) is 9.38. The Kier molecular flexibility index (Phi) is 3.32. The summed E-state index contributed by atoms with van der Waals surface area (Å²) >= 11 is 1.86. The minimum absolute atomic E-state index is 0.00984. The van der Waals surface area contributed by atoms with Gasteiger partial charge in [0.1, 0.15) is 6.10 Å². The van der Waals surface area contributed by atoms with Crippen molar-refractivity contribution >= 4 is 11.3 Å². The van der Waals surface area contributed by atoms with Gasteiger partial charge in [-0.15, -0.1) is 21.5 Å². The average molecular weight is 331 g/mol. The van der Waals surface area contributed by atoms with Gasteiger partial charge in [0.05, 0.1) is 6.10 Å². The number of hydrogen-bond donors (Lipinski definition) is 0. The van der Waals surface area contributed by atoms with Gasteiger partial charge in [-0.1, -0.05) is 0 Å². The molecule has 0 unspecified atom stereocenters. The molecule has 3 fully saturated rings. The van der Waals surface area contributed by atoms with Gasteiger partial charge in [-0.05, 0) is 43.2 Å². The molecule has 0 bridgehead atoms. The van der Waals surface area contributed by atoms with Gasteiger partial charge in [0, 0.05) is 36.3 Å². The standard InChI is InChI=1S/C17H21N3O2S/c1-10-4-5-23-15(10)9-20-7-12-6-13(21-14(12)8-20)17-19-18-16(22-17)11-2-3-11/h4-5,11-14H,2-3,6-9H2,1H3/t12-,13-,14+/m0/s1. The van der Waals surface area contributed by atoms with Gasteiger partial charge < -0.3 is 9.15 Å². The van der Waals surface area contributed by atoms with Crippen LogP contribution in [-0.4, -0.2) is 34.3 Å². The Morgan fingerprint density at radius 2 is 2.13 bits per heavy atom. The van der Waals surface area contributed by atoms with Crippen LogP contribution in [0.1, 0.15) is 53.5 Å². The lowest BCUT2D eigenvalue weighted by Gasteiger charge is -2.17. The number of ether oxygens (including phenoxy) is 1. The number of hydrogen-bond acceptors (Lipinski definition) is 6. The van der Waals surface area contributed by atoms with Gasteiger partial charge in [-0.25, -0.2) is 0 Å². The van der Waals surface area contributed by atoms with E-state index in [1.54, 1.807) is 0 Å². The van der Waals surface area contributed by atoms with Crippen molar-refractivity contribution in [3.05, 3.63) is 33.7 Å². The van der Waals surface area contributed by atoms with Crippen molar-refractivity contribution in [3.8, 4) is 0 Å². The van der Waals surface area contributed by atoms with Crippen molar-refractivity contribution < 1.29 is 9.15 Å². The van der Waals surface area contributed by atoms with Crippen LogP contribution in [0.2, 0.25) is 0 Å². The molecule has 1 saturated carbocycles. The molecule has 3 aliphatic rings. The highest BCUT2D eigenvalue weighted by molar-refractivity contribution is 7.10. The number of aryl methyl sites for hydroxylation is 1. The van der Waals surface area contributed by atoms with Gasteiger partial charge in [0.15, 0.2) is 0 Å². The van der Waals surface area contributed by atoms with Crippen LogP contribution >= 0.6 is 11.3 Å². The minimum atomic E-state index is 0.00984. The van der Waals surface area contributed by atoms with Gasteiger partial charge >= 0.3 is 0 Å². The molecule has 1 aliphatic carbocycles. The third kappa shape index (κ3) is 2.62. The molecule has 5 nitrogen and oxygen atoms in total. The summed E-state index contributed by atoms with van der Waals surface area (Å²) in [4.78, 5) is 4.00. The molecule has 5 rings (SSSR count). The largest absolute Gasteiger partial charge is 0.422 e. The Morgan fingerprint density at radius 3 is 2.87 bits per heavy atom. The Bertz CT molecular complexity index is 694. The van der Waals surface area contributed by atoms with Crippen molar-refractivity contribution in [2.75, 3.05) is 13.1 Å². The molecule has 2 aliphatic heterocycles. The maximum absolute atomic E-state index is 6.23. The number of rotatable bonds is 4. The normalized spacial score (nSPS) is 30.9. The molecular formula is C17H21N3O2S. The first kappa shape index (κ1) is 14.1. The predicted molar refractivity (Wildman–Crippen MR) is 86.3 cm³/mol. The van der Waals surface area contributed by atoms with Gasteiger partial charge in [-0.2, -0.15) is 0 Å². The molecule has 4 heterocycles. The van der Waals surface area contributed by atoms with Gasteiger partial charge in [0.2, 0.25) is 11.8 Å². The molecule has 0 radical (unpaired) electrons. The van der Waals surface area contributed by atoms with Crippen LogP contribution in [0, 0.1) is 12.8 Å². The van der Waals surface area contributed by atoms with Crippen LogP contribution in [0.25, 0.3) is 0 Å². The van der Waals surface area contributed by atoms with Gasteiger partial charge in [-0.3, -0.25) is 4.90 Å². The van der Waals surface area contributed by atoms with Gasteiger partial charge in [0.25, 0.3) is 0 Å². The number of fused-ring (bicyclic) bond motifs is 1. The van der Waals surface area contributed by atoms with Crippen LogP contribution in [0.3, 0.4) is 0 Å². The quantitative estimate of drug-likeness (QED) is 0.860. The van der Waals surface area contributed by atoms with Crippen LogP contribution in [-0.2, 0) is 11.3 Å². The average Bonchev–Trinajstić information content (AvgIpc) is 2.90. The SMILES string of the molecule is Cc1ccsc1CN1C[C@@H]2C[C@@H](c3nnc(C4CC4)o3)O[C@@H]2C1. The zero-order valence-electron chi connectivity index (χ0n) is 13.3. The number of likely N-dealkylation sites (tertiary alicyclic amines) is 1. The first-order valence-electron chi connectivity index (χ1n) is 8.50. The molecule has 2 aromatic rings. The van der Waals surface area contributed by atoms with Crippen molar-refractivity contribution in [1.82, 2.24) is 15.1 Å². The second-order valence-corrected chi connectivity index (χ2v) is 8.13. The Morgan fingerprint density at radius 1 is 1.26 bits per heavy atom. The monoisotopic (exact) mass is 331 g/mol. The zero-order chi connectivity index (χ0) is 15.4. The lowest BCUT2D eigenvalue weighted by Crippen LogP contribution is -2.23. The number of aromatic nitrogens is 2. The third-order valence-electron chi connectivity index (χ3n) is 5.31. The van der Waals surface area contributed by atoms with E-state index < -0.39 is 0 Å². The molecule has 0 N–H and O–H groups in total. The summed E-state index contributed by atoms with van der Waals surface area (Å²) in [5, 5.41) is 10.6. The molecule has 122 valence electrons. The van der Waals surface area contributed by atoms with Crippen molar-refractivity contribution in [1.29, 1.82) is 0 Å². The lowest BCUT2D eigenvalue weighted by molar-refractivity contribution is 0.0223. The molecule has 0 spiro atoms. The Hall–Kier alpha value is -1.24. The maximum atomic E-state index is 6.23. The van der Waals surface area contributed by atoms with E-state index in [1.807, 2.05) is 11.3 Å². The van der Waals surface area contributed by atoms with E-state index in [1.165, 1.54) is 23.3 Å². The van der Waals surface area contributed by atoms with Crippen LogP contribution in [0.5, 0.6) is 0 Å². The molecule has 23 heavy (non-hydrogen) atoms. The van der Waals surface area contributed by atoms with E-state index in [9.17, 15) is 0 Å². The fourth-order valence-corrected chi connectivity index (χ4v) is 4.73. The summed E-state index contributed by atoms with van der Waals surface area (Å²) < 4.78 is 12.1. The fraction of sp³-hybridized carbons (Fsp3) is 0.647. The van der Waals surface area contributed by atoms with Crippen LogP contribution in [0.4, 0.5) is 0 Å². The topological polar surface area (TPSA) is 51.4 Å². The van der Waals surface area contributed by atoms with Crippen molar-refractivity contribution in [2.45, 2.75) is 50.9 Å². The van der Waals surface area contributed by atoms with Crippen LogP contribution in [0.15, 0.2) is 15.9 Å². The van der Waals surface area contributed by atoms with E-state index in [2.05, 4.69) is 33.5 Å². The fourth-order valence-electron chi connectivity index (χ4n) is 3.78. The lowest BCUT2D eigenvalue weighted by atomic mass is 10.0. The first-order chi connectivity index (χ1) is 11.3. The summed E-state index contributed by atoms with van der Waals surface area (Å²) in [5.41, 5.74) is 1.41. The molecule has 2 saturated heterocycles. The highest BCUT2D eigenvalue weighted by Gasteiger charge is 2.44. The van der Waals surface area contributed by atoms with Crippen molar-refractivity contribution in [2.24, 2.45) is 5.92 Å². The minimum Gasteiger partial charge on any atom is -0.422 e. The summed E-state index contributed by atoms with van der Waals surface area (Å²) in [5.74, 6) is 2.62. The summed E-state index contributed by atoms with van der Waals surface area (Å²) in [7, 11) is 0. The van der Waals surface area contributed by atoms with E-state index in [-0.39, 0.29) is 6.10 Å². The molecule has 2 aromatic heterocycles. The second kappa shape index (κ2) is 5.40. The van der Waals surface area contributed by atoms with E-state index >= 15 is 0 Å². The number of thiophene rings is 1. The third-order valence-corrected chi connectivity index (χ3v) is 6.31. The smallest absolute Gasteiger partial charge is 0.245 e. The molecule has 0 amide bonds. The Labute approximate surface area is 139 Å². The van der Waals surface area contributed by atoms with E-state index in [0.717, 1.165) is 31.9 Å². The van der Waals surface area contributed by atoms with E-state index in [4.69, 9.17) is 9.15 Å². The number of nitrogens with zero attached hydrogens (tertiary/aromatic N) is 3. The molecule has 6 heteroatoms. The Balaban J connectivity index is 1.21. The molecular weight excluding hydrogens is 310 g/mol. The highest BCUT2D eigenvalue weighted by Crippen LogP contribution is 2.43. The highest BCUT2D eigenvalue weighted by atomic mass is 32.1. The summed E-state index contributed by atoms with van der Waals surface area (Å²) in [6.07, 6.45) is 3.72. The maximum Gasteiger partial charge on any atom is 0.245 e.